The molecule has 3 N–H and O–H groups in total. The van der Waals surface area contributed by atoms with Crippen LogP contribution in [0.2, 0.25) is 0 Å². The van der Waals surface area contributed by atoms with Crippen LogP contribution >= 0.6 is 0 Å². The van der Waals surface area contributed by atoms with Crippen LogP contribution in [0.25, 0.3) is 11.1 Å². The third kappa shape index (κ3) is 4.95. The molecule has 1 aromatic carbocycles. The SMILES string of the molecule is O=C(NC1CN2CCC1CC2)c1ccc2ncoc2c1.O=C(O)/C=C/C(=O)O. The Bertz CT molecular complexity index is 882. The first kappa shape index (κ1) is 19.6. The fraction of sp³-hybridized carbons (Fsp3) is 0.368. The minimum Gasteiger partial charge on any atom is -0.478 e. The van der Waals surface area contributed by atoms with E-state index in [0.717, 1.165) is 12.1 Å². The van der Waals surface area contributed by atoms with Gasteiger partial charge in [0, 0.05) is 30.3 Å². The maximum absolute atomic E-state index is 12.4. The fourth-order valence-corrected chi connectivity index (χ4v) is 3.52. The van der Waals surface area contributed by atoms with E-state index in [1.54, 1.807) is 6.07 Å². The Morgan fingerprint density at radius 3 is 2.39 bits per heavy atom. The third-order valence-electron chi connectivity index (χ3n) is 4.93. The highest BCUT2D eigenvalue weighted by atomic mass is 16.4. The molecule has 3 saturated heterocycles. The zero-order chi connectivity index (χ0) is 20.1. The molecule has 0 spiro atoms. The number of oxazole rings is 1. The van der Waals surface area contributed by atoms with Crippen molar-refractivity contribution in [1.29, 1.82) is 0 Å². The van der Waals surface area contributed by atoms with Crippen molar-refractivity contribution < 1.29 is 29.0 Å². The van der Waals surface area contributed by atoms with Gasteiger partial charge < -0.3 is 24.8 Å². The van der Waals surface area contributed by atoms with E-state index in [2.05, 4.69) is 15.2 Å². The lowest BCUT2D eigenvalue weighted by atomic mass is 9.84. The Hall–Kier alpha value is -3.20. The number of hydrogen-bond acceptors (Lipinski definition) is 6. The summed E-state index contributed by atoms with van der Waals surface area (Å²) in [5.41, 5.74) is 2.08. The summed E-state index contributed by atoms with van der Waals surface area (Å²) >= 11 is 0. The summed E-state index contributed by atoms with van der Waals surface area (Å²) in [7, 11) is 0. The van der Waals surface area contributed by atoms with Gasteiger partial charge in [-0.25, -0.2) is 14.6 Å². The second-order valence-electron chi connectivity index (χ2n) is 6.76. The van der Waals surface area contributed by atoms with Crippen LogP contribution in [0.4, 0.5) is 0 Å². The molecular formula is C19H21N3O6. The van der Waals surface area contributed by atoms with Crippen LogP contribution in [0.15, 0.2) is 41.2 Å². The molecule has 3 aliphatic heterocycles. The van der Waals surface area contributed by atoms with Crippen LogP contribution in [0, 0.1) is 5.92 Å². The van der Waals surface area contributed by atoms with Gasteiger partial charge in [0.2, 0.25) is 0 Å². The molecule has 1 amide bonds. The molecule has 0 radical (unpaired) electrons. The molecular weight excluding hydrogens is 366 g/mol. The summed E-state index contributed by atoms with van der Waals surface area (Å²) in [6, 6.07) is 5.68. The minimum atomic E-state index is -1.26. The summed E-state index contributed by atoms with van der Waals surface area (Å²) in [6.45, 7) is 3.35. The number of carbonyl (C=O) groups is 3. The van der Waals surface area contributed by atoms with Crippen molar-refractivity contribution in [3.63, 3.8) is 0 Å². The molecule has 3 fully saturated rings. The molecule has 148 valence electrons. The van der Waals surface area contributed by atoms with Crippen LogP contribution in [-0.4, -0.2) is 63.6 Å². The topological polar surface area (TPSA) is 133 Å². The number of nitrogens with one attached hydrogen (secondary N) is 1. The Balaban J connectivity index is 0.000000242. The summed E-state index contributed by atoms with van der Waals surface area (Å²) in [4.78, 5) is 38.0. The highest BCUT2D eigenvalue weighted by Gasteiger charge is 2.34. The highest BCUT2D eigenvalue weighted by Crippen LogP contribution is 2.27. The van der Waals surface area contributed by atoms with Crippen LogP contribution in [-0.2, 0) is 9.59 Å². The van der Waals surface area contributed by atoms with E-state index >= 15 is 0 Å². The van der Waals surface area contributed by atoms with E-state index in [4.69, 9.17) is 14.6 Å². The number of fused-ring (bicyclic) bond motifs is 4. The highest BCUT2D eigenvalue weighted by molar-refractivity contribution is 5.97. The number of carboxylic acids is 2. The zero-order valence-electron chi connectivity index (χ0n) is 15.1. The second kappa shape index (κ2) is 8.66. The lowest BCUT2D eigenvalue weighted by Gasteiger charge is -2.44. The number of benzene rings is 1. The van der Waals surface area contributed by atoms with Crippen molar-refractivity contribution in [2.75, 3.05) is 19.6 Å². The summed E-state index contributed by atoms with van der Waals surface area (Å²) in [5, 5.41) is 18.8. The van der Waals surface area contributed by atoms with Crippen molar-refractivity contribution in [3.05, 3.63) is 42.3 Å². The lowest BCUT2D eigenvalue weighted by molar-refractivity contribution is -0.134. The number of amides is 1. The first-order chi connectivity index (χ1) is 13.4. The van der Waals surface area contributed by atoms with Crippen molar-refractivity contribution in [3.8, 4) is 0 Å². The van der Waals surface area contributed by atoms with Crippen molar-refractivity contribution >= 4 is 28.9 Å². The van der Waals surface area contributed by atoms with E-state index in [0.29, 0.717) is 29.2 Å². The molecule has 28 heavy (non-hydrogen) atoms. The van der Waals surface area contributed by atoms with E-state index < -0.39 is 11.9 Å². The molecule has 3 aliphatic rings. The Labute approximate surface area is 160 Å². The number of carboxylic acid groups (broad SMARTS) is 2. The van der Waals surface area contributed by atoms with Gasteiger partial charge >= 0.3 is 11.9 Å². The number of aliphatic carboxylic acids is 2. The maximum atomic E-state index is 12.4. The van der Waals surface area contributed by atoms with Crippen LogP contribution in [0.1, 0.15) is 23.2 Å². The van der Waals surface area contributed by atoms with Crippen LogP contribution in [0.3, 0.4) is 0 Å². The molecule has 0 aliphatic carbocycles. The van der Waals surface area contributed by atoms with Crippen LogP contribution < -0.4 is 5.32 Å². The number of nitrogens with zero attached hydrogens (tertiary/aromatic N) is 2. The van der Waals surface area contributed by atoms with E-state index in [1.165, 1.54) is 32.3 Å². The Kier molecular flexibility index (Phi) is 6.05. The number of aromatic nitrogens is 1. The van der Waals surface area contributed by atoms with Gasteiger partial charge in [-0.2, -0.15) is 0 Å². The van der Waals surface area contributed by atoms with E-state index in [1.807, 2.05) is 12.1 Å². The maximum Gasteiger partial charge on any atom is 0.328 e. The Morgan fingerprint density at radius 2 is 1.82 bits per heavy atom. The zero-order valence-corrected chi connectivity index (χ0v) is 15.1. The number of carbonyl (C=O) groups excluding carboxylic acids is 1. The average Bonchev–Trinajstić information content (AvgIpc) is 3.15. The van der Waals surface area contributed by atoms with E-state index in [9.17, 15) is 14.4 Å². The van der Waals surface area contributed by atoms with Gasteiger partial charge in [-0.1, -0.05) is 0 Å². The molecule has 1 aromatic heterocycles. The predicted octanol–water partition coefficient (Wildman–Crippen LogP) is 1.36. The number of hydrogen-bond donors (Lipinski definition) is 3. The van der Waals surface area contributed by atoms with Gasteiger partial charge in [0.1, 0.15) is 5.52 Å². The van der Waals surface area contributed by atoms with Gasteiger partial charge in [0.15, 0.2) is 12.0 Å². The number of piperidine rings is 3. The summed E-state index contributed by atoms with van der Waals surface area (Å²) in [6.07, 6.45) is 4.92. The quantitative estimate of drug-likeness (QED) is 0.670. The van der Waals surface area contributed by atoms with Gasteiger partial charge in [-0.15, -0.1) is 0 Å². The van der Waals surface area contributed by atoms with Gasteiger partial charge in [0.05, 0.1) is 0 Å². The lowest BCUT2D eigenvalue weighted by Crippen LogP contribution is -2.57. The monoisotopic (exact) mass is 387 g/mol. The smallest absolute Gasteiger partial charge is 0.328 e. The third-order valence-corrected chi connectivity index (χ3v) is 4.93. The van der Waals surface area contributed by atoms with Gasteiger partial charge in [-0.3, -0.25) is 4.79 Å². The molecule has 1 atom stereocenters. The normalized spacial score (nSPS) is 23.2. The molecule has 9 nitrogen and oxygen atoms in total. The first-order valence-corrected chi connectivity index (χ1v) is 8.93. The van der Waals surface area contributed by atoms with Gasteiger partial charge in [-0.05, 0) is 50.0 Å². The second-order valence-corrected chi connectivity index (χ2v) is 6.76. The fourth-order valence-electron chi connectivity index (χ4n) is 3.52. The Morgan fingerprint density at radius 1 is 1.14 bits per heavy atom. The molecule has 0 saturated carbocycles. The van der Waals surface area contributed by atoms with Crippen molar-refractivity contribution in [1.82, 2.24) is 15.2 Å². The first-order valence-electron chi connectivity index (χ1n) is 8.93. The van der Waals surface area contributed by atoms with Gasteiger partial charge in [0.25, 0.3) is 5.91 Å². The van der Waals surface area contributed by atoms with Crippen molar-refractivity contribution in [2.45, 2.75) is 18.9 Å². The molecule has 2 aromatic rings. The van der Waals surface area contributed by atoms with Crippen molar-refractivity contribution in [2.24, 2.45) is 5.92 Å². The average molecular weight is 387 g/mol. The minimum absolute atomic E-state index is 0.0120. The van der Waals surface area contributed by atoms with E-state index in [-0.39, 0.29) is 11.9 Å². The summed E-state index contributed by atoms with van der Waals surface area (Å²) < 4.78 is 5.25. The molecule has 5 rings (SSSR count). The molecule has 1 unspecified atom stereocenters. The molecule has 9 heteroatoms. The predicted molar refractivity (Wildman–Crippen MR) is 98.8 cm³/mol. The largest absolute Gasteiger partial charge is 0.478 e. The standard InChI is InChI=1S/C15H17N3O2.C4H4O4/c19-15(11-1-2-12-14(7-11)20-9-16-12)17-13-8-18-5-3-10(13)4-6-18;5-3(6)1-2-4(7)8/h1-2,7,9-10,13H,3-6,8H2,(H,17,19);1-2H,(H,5,6)(H,7,8)/b;2-1+. The number of rotatable bonds is 4. The van der Waals surface area contributed by atoms with Crippen LogP contribution in [0.5, 0.6) is 0 Å². The molecule has 2 bridgehead atoms. The molecule has 4 heterocycles. The summed E-state index contributed by atoms with van der Waals surface area (Å²) in [5.74, 6) is -1.89.